The van der Waals surface area contributed by atoms with Crippen LogP contribution in [0.2, 0.25) is 0 Å². The summed E-state index contributed by atoms with van der Waals surface area (Å²) < 4.78 is 25.1. The van der Waals surface area contributed by atoms with E-state index in [2.05, 4.69) is 26.6 Å². The van der Waals surface area contributed by atoms with E-state index in [-0.39, 0.29) is 11.8 Å². The standard InChI is InChI=1S/C20H17FN6O2/c21-17-13-23-20(25-19(17)27-7-9-28-10-8-27)26-24-12-15-5-6-18(29-15)16-4-2-1-3-14(16)11-22/h1-6,12-13H,7-10H2,(H,23,25,26)/b24-12-. The SMILES string of the molecule is N#Cc1ccccc1-c1ccc(/C=N\Nc2ncc(F)c(N3CCOCC3)n2)o1. The Labute approximate surface area is 166 Å². The summed E-state index contributed by atoms with van der Waals surface area (Å²) in [7, 11) is 0. The Morgan fingerprint density at radius 1 is 1.21 bits per heavy atom. The molecule has 0 saturated carbocycles. The predicted octanol–water partition coefficient (Wildman–Crippen LogP) is 3.03. The highest BCUT2D eigenvalue weighted by Gasteiger charge is 2.17. The molecule has 0 bridgehead atoms. The Hall–Kier alpha value is -3.77. The van der Waals surface area contributed by atoms with Crippen LogP contribution in [-0.4, -0.2) is 42.5 Å². The first-order chi connectivity index (χ1) is 14.2. The number of nitrogens with one attached hydrogen (secondary N) is 1. The number of ether oxygens (including phenoxy) is 1. The van der Waals surface area contributed by atoms with Gasteiger partial charge in [-0.15, -0.1) is 0 Å². The molecule has 0 radical (unpaired) electrons. The quantitative estimate of drug-likeness (QED) is 0.526. The molecule has 2 aromatic heterocycles. The van der Waals surface area contributed by atoms with Crippen molar-refractivity contribution in [2.24, 2.45) is 5.10 Å². The maximum absolute atomic E-state index is 14.1. The summed E-state index contributed by atoms with van der Waals surface area (Å²) in [6.07, 6.45) is 2.57. The van der Waals surface area contributed by atoms with Gasteiger partial charge >= 0.3 is 0 Å². The molecule has 146 valence electrons. The third-order valence-corrected chi connectivity index (χ3v) is 4.33. The van der Waals surface area contributed by atoms with Gasteiger partial charge in [-0.3, -0.25) is 0 Å². The van der Waals surface area contributed by atoms with Crippen LogP contribution in [0.4, 0.5) is 16.2 Å². The lowest BCUT2D eigenvalue weighted by Gasteiger charge is -2.27. The van der Waals surface area contributed by atoms with Crippen LogP contribution < -0.4 is 10.3 Å². The summed E-state index contributed by atoms with van der Waals surface area (Å²) in [5, 5.41) is 13.3. The molecular weight excluding hydrogens is 375 g/mol. The van der Waals surface area contributed by atoms with Crippen molar-refractivity contribution in [1.82, 2.24) is 9.97 Å². The van der Waals surface area contributed by atoms with Gasteiger partial charge in [0.15, 0.2) is 11.6 Å². The maximum Gasteiger partial charge on any atom is 0.245 e. The number of hydrogen-bond acceptors (Lipinski definition) is 8. The van der Waals surface area contributed by atoms with Crippen molar-refractivity contribution in [3.8, 4) is 17.4 Å². The molecule has 8 nitrogen and oxygen atoms in total. The fourth-order valence-electron chi connectivity index (χ4n) is 2.92. The molecule has 1 N–H and O–H groups in total. The van der Waals surface area contributed by atoms with Gasteiger partial charge in [0.05, 0.1) is 37.3 Å². The highest BCUT2D eigenvalue weighted by Crippen LogP contribution is 2.25. The zero-order chi connectivity index (χ0) is 20.1. The molecule has 3 heterocycles. The van der Waals surface area contributed by atoms with Crippen molar-refractivity contribution < 1.29 is 13.5 Å². The first-order valence-electron chi connectivity index (χ1n) is 8.98. The van der Waals surface area contributed by atoms with E-state index in [1.54, 1.807) is 29.2 Å². The second kappa shape index (κ2) is 8.50. The van der Waals surface area contributed by atoms with Gasteiger partial charge in [-0.05, 0) is 24.3 Å². The van der Waals surface area contributed by atoms with Gasteiger partial charge in [0.25, 0.3) is 0 Å². The number of benzene rings is 1. The van der Waals surface area contributed by atoms with Crippen molar-refractivity contribution in [3.63, 3.8) is 0 Å². The summed E-state index contributed by atoms with van der Waals surface area (Å²) in [5.74, 6) is 0.945. The van der Waals surface area contributed by atoms with Gasteiger partial charge in [0.2, 0.25) is 5.95 Å². The molecule has 0 unspecified atom stereocenters. The van der Waals surface area contributed by atoms with Crippen LogP contribution in [0.25, 0.3) is 11.3 Å². The van der Waals surface area contributed by atoms with Crippen molar-refractivity contribution in [2.75, 3.05) is 36.6 Å². The molecule has 0 atom stereocenters. The van der Waals surface area contributed by atoms with Crippen LogP contribution in [0.1, 0.15) is 11.3 Å². The van der Waals surface area contributed by atoms with E-state index in [0.29, 0.717) is 49.0 Å². The molecule has 0 aliphatic carbocycles. The molecule has 1 fully saturated rings. The highest BCUT2D eigenvalue weighted by atomic mass is 19.1. The lowest BCUT2D eigenvalue weighted by atomic mass is 10.1. The predicted molar refractivity (Wildman–Crippen MR) is 105 cm³/mol. The summed E-state index contributed by atoms with van der Waals surface area (Å²) in [6.45, 7) is 2.19. The fraction of sp³-hybridized carbons (Fsp3) is 0.200. The zero-order valence-electron chi connectivity index (χ0n) is 15.4. The van der Waals surface area contributed by atoms with E-state index in [9.17, 15) is 9.65 Å². The van der Waals surface area contributed by atoms with E-state index in [4.69, 9.17) is 9.15 Å². The molecule has 1 saturated heterocycles. The van der Waals surface area contributed by atoms with Gasteiger partial charge < -0.3 is 14.1 Å². The number of hydrogen-bond donors (Lipinski definition) is 1. The number of rotatable bonds is 5. The summed E-state index contributed by atoms with van der Waals surface area (Å²) in [4.78, 5) is 9.91. The van der Waals surface area contributed by atoms with Crippen LogP contribution in [0.3, 0.4) is 0 Å². The Morgan fingerprint density at radius 2 is 2.03 bits per heavy atom. The first-order valence-corrected chi connectivity index (χ1v) is 8.98. The smallest absolute Gasteiger partial charge is 0.245 e. The van der Waals surface area contributed by atoms with E-state index < -0.39 is 5.82 Å². The average molecular weight is 392 g/mol. The number of halogens is 1. The lowest BCUT2D eigenvalue weighted by Crippen LogP contribution is -2.37. The third-order valence-electron chi connectivity index (χ3n) is 4.33. The number of nitrogens with zero attached hydrogens (tertiary/aromatic N) is 5. The third kappa shape index (κ3) is 4.23. The number of furan rings is 1. The molecule has 9 heteroatoms. The fourth-order valence-corrected chi connectivity index (χ4v) is 2.92. The van der Waals surface area contributed by atoms with Gasteiger partial charge in [0.1, 0.15) is 11.5 Å². The minimum atomic E-state index is -0.492. The van der Waals surface area contributed by atoms with Crippen molar-refractivity contribution in [3.05, 3.63) is 59.7 Å². The van der Waals surface area contributed by atoms with Crippen molar-refractivity contribution in [1.29, 1.82) is 5.26 Å². The van der Waals surface area contributed by atoms with Gasteiger partial charge in [-0.1, -0.05) is 12.1 Å². The molecule has 3 aromatic rings. The first kappa shape index (κ1) is 18.6. The van der Waals surface area contributed by atoms with E-state index in [1.807, 2.05) is 12.1 Å². The Morgan fingerprint density at radius 3 is 2.86 bits per heavy atom. The van der Waals surface area contributed by atoms with E-state index >= 15 is 0 Å². The van der Waals surface area contributed by atoms with Gasteiger partial charge in [0, 0.05) is 18.7 Å². The van der Waals surface area contributed by atoms with Crippen LogP contribution in [0.5, 0.6) is 0 Å². The van der Waals surface area contributed by atoms with Crippen molar-refractivity contribution >= 4 is 18.0 Å². The van der Waals surface area contributed by atoms with Crippen LogP contribution in [0.15, 0.2) is 52.1 Å². The lowest BCUT2D eigenvalue weighted by molar-refractivity contribution is 0.122. The summed E-state index contributed by atoms with van der Waals surface area (Å²) in [5.41, 5.74) is 3.92. The summed E-state index contributed by atoms with van der Waals surface area (Å²) >= 11 is 0. The van der Waals surface area contributed by atoms with Gasteiger partial charge in [-0.2, -0.15) is 15.3 Å². The Bertz CT molecular complexity index is 1070. The monoisotopic (exact) mass is 392 g/mol. The van der Waals surface area contributed by atoms with Crippen LogP contribution >= 0.6 is 0 Å². The number of hydrazone groups is 1. The molecule has 4 rings (SSSR count). The normalized spacial score (nSPS) is 14.1. The molecule has 1 aliphatic rings. The number of nitriles is 1. The van der Waals surface area contributed by atoms with Gasteiger partial charge in [-0.25, -0.2) is 14.8 Å². The van der Waals surface area contributed by atoms with Crippen LogP contribution in [-0.2, 0) is 4.74 Å². The molecule has 0 amide bonds. The topological polar surface area (TPSA) is 99.6 Å². The summed E-state index contributed by atoms with van der Waals surface area (Å²) in [6, 6.07) is 12.8. The molecule has 1 aliphatic heterocycles. The highest BCUT2D eigenvalue weighted by molar-refractivity contribution is 5.78. The van der Waals surface area contributed by atoms with E-state index in [0.717, 1.165) is 6.20 Å². The van der Waals surface area contributed by atoms with E-state index in [1.165, 1.54) is 6.21 Å². The molecular formula is C20H17FN6O2. The van der Waals surface area contributed by atoms with Crippen LogP contribution in [0, 0.1) is 17.1 Å². The maximum atomic E-state index is 14.1. The molecule has 1 aromatic carbocycles. The molecule has 0 spiro atoms. The zero-order valence-corrected chi connectivity index (χ0v) is 15.4. The average Bonchev–Trinajstić information content (AvgIpc) is 3.24. The minimum Gasteiger partial charge on any atom is -0.455 e. The number of morpholine rings is 1. The van der Waals surface area contributed by atoms with Crippen molar-refractivity contribution in [2.45, 2.75) is 0 Å². The second-order valence-corrected chi connectivity index (χ2v) is 6.19. The largest absolute Gasteiger partial charge is 0.455 e. The second-order valence-electron chi connectivity index (χ2n) is 6.19. The Balaban J connectivity index is 1.46. The number of anilines is 2. The molecule has 29 heavy (non-hydrogen) atoms. The minimum absolute atomic E-state index is 0.172. The Kier molecular flexibility index (Phi) is 5.45. The number of aromatic nitrogens is 2.